The van der Waals surface area contributed by atoms with Gasteiger partial charge in [0.15, 0.2) is 11.5 Å². The molecule has 4 heteroatoms. The SMILES string of the molecule is CNC(c1ccc2c(c1)OCCCO2)c1cscc1C. The third-order valence-corrected chi connectivity index (χ3v) is 4.48. The number of hydrogen-bond donors (Lipinski definition) is 1. The van der Waals surface area contributed by atoms with Gasteiger partial charge in [-0.3, -0.25) is 0 Å². The Bertz CT molecular complexity index is 594. The predicted molar refractivity (Wildman–Crippen MR) is 82.0 cm³/mol. The molecule has 1 aliphatic heterocycles. The molecule has 1 atom stereocenters. The molecule has 1 aliphatic rings. The summed E-state index contributed by atoms with van der Waals surface area (Å²) < 4.78 is 11.5. The van der Waals surface area contributed by atoms with E-state index in [2.05, 4.69) is 35.1 Å². The fourth-order valence-electron chi connectivity index (χ4n) is 2.53. The number of fused-ring (bicyclic) bond motifs is 1. The van der Waals surface area contributed by atoms with E-state index in [9.17, 15) is 0 Å². The van der Waals surface area contributed by atoms with Gasteiger partial charge in [-0.1, -0.05) is 6.07 Å². The van der Waals surface area contributed by atoms with E-state index in [4.69, 9.17) is 9.47 Å². The van der Waals surface area contributed by atoms with Crippen molar-refractivity contribution in [2.45, 2.75) is 19.4 Å². The molecule has 1 unspecified atom stereocenters. The number of hydrogen-bond acceptors (Lipinski definition) is 4. The van der Waals surface area contributed by atoms with Gasteiger partial charge in [0.05, 0.1) is 19.3 Å². The Morgan fingerprint density at radius 3 is 2.65 bits per heavy atom. The Morgan fingerprint density at radius 1 is 1.15 bits per heavy atom. The molecular weight excluding hydrogens is 270 g/mol. The first-order chi connectivity index (χ1) is 9.79. The summed E-state index contributed by atoms with van der Waals surface area (Å²) in [6.45, 7) is 3.60. The van der Waals surface area contributed by atoms with Crippen molar-refractivity contribution in [2.24, 2.45) is 0 Å². The zero-order valence-corrected chi connectivity index (χ0v) is 12.6. The van der Waals surface area contributed by atoms with Gasteiger partial charge in [0.25, 0.3) is 0 Å². The molecule has 0 radical (unpaired) electrons. The van der Waals surface area contributed by atoms with Crippen molar-refractivity contribution in [3.8, 4) is 11.5 Å². The molecule has 0 saturated heterocycles. The molecule has 3 rings (SSSR count). The van der Waals surface area contributed by atoms with Crippen LogP contribution in [0, 0.1) is 6.92 Å². The molecule has 1 N–H and O–H groups in total. The molecule has 0 amide bonds. The topological polar surface area (TPSA) is 30.5 Å². The summed E-state index contributed by atoms with van der Waals surface area (Å²) in [5.41, 5.74) is 3.85. The Hall–Kier alpha value is -1.52. The van der Waals surface area contributed by atoms with Crippen LogP contribution < -0.4 is 14.8 Å². The Balaban J connectivity index is 1.96. The van der Waals surface area contributed by atoms with Crippen LogP contribution in [-0.4, -0.2) is 20.3 Å². The summed E-state index contributed by atoms with van der Waals surface area (Å²) in [7, 11) is 1.99. The van der Waals surface area contributed by atoms with Gasteiger partial charge < -0.3 is 14.8 Å². The molecule has 2 heterocycles. The molecule has 0 spiro atoms. The van der Waals surface area contributed by atoms with Gasteiger partial charge in [0.2, 0.25) is 0 Å². The van der Waals surface area contributed by atoms with Crippen LogP contribution in [0.25, 0.3) is 0 Å². The van der Waals surface area contributed by atoms with Crippen molar-refractivity contribution in [3.05, 3.63) is 45.6 Å². The maximum Gasteiger partial charge on any atom is 0.161 e. The number of aryl methyl sites for hydroxylation is 1. The van der Waals surface area contributed by atoms with E-state index < -0.39 is 0 Å². The second-order valence-electron chi connectivity index (χ2n) is 4.99. The molecule has 2 aromatic rings. The summed E-state index contributed by atoms with van der Waals surface area (Å²) in [4.78, 5) is 0. The lowest BCUT2D eigenvalue weighted by Gasteiger charge is -2.18. The van der Waals surface area contributed by atoms with E-state index in [0.29, 0.717) is 0 Å². The van der Waals surface area contributed by atoms with Gasteiger partial charge in [-0.2, -0.15) is 11.3 Å². The van der Waals surface area contributed by atoms with Gasteiger partial charge >= 0.3 is 0 Å². The highest BCUT2D eigenvalue weighted by Gasteiger charge is 2.18. The summed E-state index contributed by atoms with van der Waals surface area (Å²) in [5, 5.41) is 7.79. The van der Waals surface area contributed by atoms with E-state index in [0.717, 1.165) is 31.1 Å². The smallest absolute Gasteiger partial charge is 0.161 e. The van der Waals surface area contributed by atoms with Crippen LogP contribution in [0.4, 0.5) is 0 Å². The summed E-state index contributed by atoms with van der Waals surface area (Å²) >= 11 is 1.74. The van der Waals surface area contributed by atoms with Crippen LogP contribution in [0.15, 0.2) is 29.0 Å². The summed E-state index contributed by atoms with van der Waals surface area (Å²) in [6, 6.07) is 6.42. The number of benzene rings is 1. The first-order valence-electron chi connectivity index (χ1n) is 6.89. The molecule has 0 saturated carbocycles. The lowest BCUT2D eigenvalue weighted by atomic mass is 9.98. The second-order valence-corrected chi connectivity index (χ2v) is 5.73. The largest absolute Gasteiger partial charge is 0.490 e. The molecule has 1 aromatic heterocycles. The van der Waals surface area contributed by atoms with Crippen LogP contribution in [0.3, 0.4) is 0 Å². The molecule has 0 aliphatic carbocycles. The van der Waals surface area contributed by atoms with E-state index >= 15 is 0 Å². The molecule has 0 fully saturated rings. The van der Waals surface area contributed by atoms with Crippen molar-refractivity contribution in [1.29, 1.82) is 0 Å². The quantitative estimate of drug-likeness (QED) is 0.937. The fraction of sp³-hybridized carbons (Fsp3) is 0.375. The van der Waals surface area contributed by atoms with Gasteiger partial charge in [-0.25, -0.2) is 0 Å². The molecular formula is C16H19NO2S. The Kier molecular flexibility index (Phi) is 3.94. The van der Waals surface area contributed by atoms with Gasteiger partial charge in [0, 0.05) is 6.42 Å². The monoisotopic (exact) mass is 289 g/mol. The van der Waals surface area contributed by atoms with E-state index in [-0.39, 0.29) is 6.04 Å². The van der Waals surface area contributed by atoms with Gasteiger partial charge in [-0.15, -0.1) is 0 Å². The van der Waals surface area contributed by atoms with Crippen molar-refractivity contribution in [3.63, 3.8) is 0 Å². The normalized spacial score (nSPS) is 15.7. The molecule has 0 bridgehead atoms. The first-order valence-corrected chi connectivity index (χ1v) is 7.83. The predicted octanol–water partition coefficient (Wildman–Crippen LogP) is 3.53. The lowest BCUT2D eigenvalue weighted by Crippen LogP contribution is -2.17. The second kappa shape index (κ2) is 5.85. The van der Waals surface area contributed by atoms with Gasteiger partial charge in [0.1, 0.15) is 0 Å². The minimum absolute atomic E-state index is 0.193. The van der Waals surface area contributed by atoms with Crippen molar-refractivity contribution >= 4 is 11.3 Å². The minimum Gasteiger partial charge on any atom is -0.490 e. The maximum absolute atomic E-state index is 5.78. The van der Waals surface area contributed by atoms with Gasteiger partial charge in [-0.05, 0) is 53.6 Å². The van der Waals surface area contributed by atoms with E-state index in [1.54, 1.807) is 11.3 Å². The zero-order chi connectivity index (χ0) is 13.9. The minimum atomic E-state index is 0.193. The highest BCUT2D eigenvalue weighted by atomic mass is 32.1. The van der Waals surface area contributed by atoms with Crippen LogP contribution >= 0.6 is 11.3 Å². The van der Waals surface area contributed by atoms with Crippen LogP contribution in [0.5, 0.6) is 11.5 Å². The number of nitrogens with one attached hydrogen (secondary N) is 1. The lowest BCUT2D eigenvalue weighted by molar-refractivity contribution is 0.297. The highest BCUT2D eigenvalue weighted by molar-refractivity contribution is 7.08. The summed E-state index contributed by atoms with van der Waals surface area (Å²) in [6.07, 6.45) is 0.934. The third-order valence-electron chi connectivity index (χ3n) is 3.60. The standard InChI is InChI=1S/C16H19NO2S/c1-11-9-20-10-13(11)16(17-2)12-4-5-14-15(8-12)19-7-3-6-18-14/h4-5,8-10,16-17H,3,6-7H2,1-2H3. The van der Waals surface area contributed by atoms with Crippen molar-refractivity contribution in [2.75, 3.05) is 20.3 Å². The average Bonchev–Trinajstić information content (AvgIpc) is 2.75. The summed E-state index contributed by atoms with van der Waals surface area (Å²) in [5.74, 6) is 1.70. The van der Waals surface area contributed by atoms with E-state index in [1.807, 2.05) is 13.1 Å². The number of thiophene rings is 1. The molecule has 20 heavy (non-hydrogen) atoms. The fourth-order valence-corrected chi connectivity index (χ4v) is 3.40. The van der Waals surface area contributed by atoms with Crippen LogP contribution in [-0.2, 0) is 0 Å². The van der Waals surface area contributed by atoms with Crippen molar-refractivity contribution in [1.82, 2.24) is 5.32 Å². The highest BCUT2D eigenvalue weighted by Crippen LogP contribution is 2.35. The maximum atomic E-state index is 5.78. The molecule has 3 nitrogen and oxygen atoms in total. The van der Waals surface area contributed by atoms with Crippen molar-refractivity contribution < 1.29 is 9.47 Å². The molecule has 1 aromatic carbocycles. The third kappa shape index (κ3) is 2.53. The zero-order valence-electron chi connectivity index (χ0n) is 11.8. The number of rotatable bonds is 3. The number of ether oxygens (including phenoxy) is 2. The Morgan fingerprint density at radius 2 is 1.95 bits per heavy atom. The Labute approximate surface area is 123 Å². The molecule has 106 valence electrons. The van der Waals surface area contributed by atoms with Crippen LogP contribution in [0.2, 0.25) is 0 Å². The first kappa shape index (κ1) is 13.5. The van der Waals surface area contributed by atoms with Crippen LogP contribution in [0.1, 0.15) is 29.2 Å². The van der Waals surface area contributed by atoms with E-state index in [1.165, 1.54) is 16.7 Å². The average molecular weight is 289 g/mol.